The molecule has 1 N–H and O–H groups in total. The molecule has 21 heavy (non-hydrogen) atoms. The Labute approximate surface area is 135 Å². The Morgan fingerprint density at radius 3 is 2.62 bits per heavy atom. The fourth-order valence-electron chi connectivity index (χ4n) is 2.62. The van der Waals surface area contributed by atoms with E-state index in [2.05, 4.69) is 83.0 Å². The van der Waals surface area contributed by atoms with Crippen molar-refractivity contribution in [1.82, 2.24) is 15.1 Å². The maximum atomic E-state index is 4.64. The molecular weight excluding hydrogens is 326 g/mol. The van der Waals surface area contributed by atoms with Crippen molar-refractivity contribution in [3.63, 3.8) is 0 Å². The molecule has 3 nitrogen and oxygen atoms in total. The summed E-state index contributed by atoms with van der Waals surface area (Å²) in [6.07, 6.45) is 0.952. The van der Waals surface area contributed by atoms with Crippen molar-refractivity contribution in [2.45, 2.75) is 53.2 Å². The molecule has 0 aliphatic rings. The number of hydrogen-bond acceptors (Lipinski definition) is 2. The molecule has 2 rings (SSSR count). The molecule has 1 aromatic heterocycles. The van der Waals surface area contributed by atoms with Gasteiger partial charge < -0.3 is 5.32 Å². The van der Waals surface area contributed by atoms with Crippen LogP contribution < -0.4 is 5.32 Å². The van der Waals surface area contributed by atoms with E-state index in [1.165, 1.54) is 16.8 Å². The number of nitrogens with zero attached hydrogens (tertiary/aromatic N) is 2. The standard InChI is InChI=1S/C17H24BrN3/c1-5-15-17(18)16(21(6-2)20-15)11-19-13(4)14-10-8-7-9-12(14)3/h7-10,13,19H,5-6,11H2,1-4H3/t13-/m0/s1. The normalized spacial score (nSPS) is 12.6. The second-order valence-corrected chi connectivity index (χ2v) is 6.13. The Kier molecular flexibility index (Phi) is 5.59. The maximum Gasteiger partial charge on any atom is 0.0767 e. The summed E-state index contributed by atoms with van der Waals surface area (Å²) in [5, 5.41) is 8.26. The van der Waals surface area contributed by atoms with Crippen LogP contribution >= 0.6 is 15.9 Å². The summed E-state index contributed by atoms with van der Waals surface area (Å²) < 4.78 is 3.23. The zero-order chi connectivity index (χ0) is 15.4. The van der Waals surface area contributed by atoms with Crippen molar-refractivity contribution < 1.29 is 0 Å². The fraction of sp³-hybridized carbons (Fsp3) is 0.471. The van der Waals surface area contributed by atoms with Crippen molar-refractivity contribution in [3.05, 3.63) is 51.3 Å². The van der Waals surface area contributed by atoms with E-state index in [4.69, 9.17) is 0 Å². The zero-order valence-electron chi connectivity index (χ0n) is 13.3. The summed E-state index contributed by atoms with van der Waals surface area (Å²) in [6, 6.07) is 8.86. The molecular formula is C17H24BrN3. The maximum absolute atomic E-state index is 4.64. The van der Waals surface area contributed by atoms with Crippen LogP contribution in [0.1, 0.15) is 49.3 Å². The monoisotopic (exact) mass is 349 g/mol. The van der Waals surface area contributed by atoms with E-state index in [9.17, 15) is 0 Å². The molecule has 2 aromatic rings. The molecule has 0 spiro atoms. The first-order chi connectivity index (χ1) is 10.1. The summed E-state index contributed by atoms with van der Waals surface area (Å²) >= 11 is 3.70. The van der Waals surface area contributed by atoms with Crippen LogP contribution in [0.5, 0.6) is 0 Å². The molecule has 0 saturated heterocycles. The molecule has 4 heteroatoms. The van der Waals surface area contributed by atoms with Gasteiger partial charge in [-0.15, -0.1) is 0 Å². The minimum absolute atomic E-state index is 0.323. The van der Waals surface area contributed by atoms with Gasteiger partial charge in [0.2, 0.25) is 0 Å². The number of aromatic nitrogens is 2. The molecule has 0 fully saturated rings. The second kappa shape index (κ2) is 7.23. The molecule has 0 saturated carbocycles. The number of halogens is 1. The van der Waals surface area contributed by atoms with Crippen LogP contribution in [-0.4, -0.2) is 9.78 Å². The highest BCUT2D eigenvalue weighted by Gasteiger charge is 2.15. The van der Waals surface area contributed by atoms with Gasteiger partial charge in [-0.1, -0.05) is 31.2 Å². The number of aryl methyl sites for hydroxylation is 3. The molecule has 0 unspecified atom stereocenters. The number of rotatable bonds is 6. The minimum Gasteiger partial charge on any atom is -0.305 e. The van der Waals surface area contributed by atoms with Gasteiger partial charge in [-0.3, -0.25) is 4.68 Å². The van der Waals surface area contributed by atoms with Crippen molar-refractivity contribution in [1.29, 1.82) is 0 Å². The van der Waals surface area contributed by atoms with Crippen LogP contribution in [0, 0.1) is 6.92 Å². The average molecular weight is 350 g/mol. The van der Waals surface area contributed by atoms with Crippen LogP contribution in [-0.2, 0) is 19.5 Å². The Hall–Kier alpha value is -1.13. The van der Waals surface area contributed by atoms with Crippen LogP contribution in [0.25, 0.3) is 0 Å². The predicted octanol–water partition coefficient (Wildman–Crippen LogP) is 4.39. The van der Waals surface area contributed by atoms with Gasteiger partial charge in [0.25, 0.3) is 0 Å². The van der Waals surface area contributed by atoms with E-state index in [0.29, 0.717) is 6.04 Å². The number of benzene rings is 1. The van der Waals surface area contributed by atoms with Crippen LogP contribution in [0.2, 0.25) is 0 Å². The first-order valence-electron chi connectivity index (χ1n) is 7.61. The second-order valence-electron chi connectivity index (χ2n) is 5.34. The lowest BCUT2D eigenvalue weighted by atomic mass is 10.0. The third kappa shape index (κ3) is 3.55. The topological polar surface area (TPSA) is 29.9 Å². The third-order valence-electron chi connectivity index (χ3n) is 3.92. The Morgan fingerprint density at radius 2 is 2.00 bits per heavy atom. The SMILES string of the molecule is CCc1nn(CC)c(CN[C@@H](C)c2ccccc2C)c1Br. The molecule has 0 aliphatic carbocycles. The quantitative estimate of drug-likeness (QED) is 0.838. The number of hydrogen-bond donors (Lipinski definition) is 1. The molecule has 1 aromatic carbocycles. The first kappa shape index (κ1) is 16.2. The summed E-state index contributed by atoms with van der Waals surface area (Å²) in [6.45, 7) is 10.4. The van der Waals surface area contributed by atoms with Crippen molar-refractivity contribution in [2.75, 3.05) is 0 Å². The minimum atomic E-state index is 0.323. The molecule has 0 bridgehead atoms. The average Bonchev–Trinajstić information content (AvgIpc) is 2.80. The van der Waals surface area contributed by atoms with Crippen LogP contribution in [0.15, 0.2) is 28.7 Å². The van der Waals surface area contributed by atoms with E-state index in [1.54, 1.807) is 0 Å². The summed E-state index contributed by atoms with van der Waals surface area (Å²) in [7, 11) is 0. The van der Waals surface area contributed by atoms with Crippen LogP contribution in [0.3, 0.4) is 0 Å². The van der Waals surface area contributed by atoms with Gasteiger partial charge in [-0.05, 0) is 54.2 Å². The molecule has 0 amide bonds. The van der Waals surface area contributed by atoms with E-state index in [1.807, 2.05) is 0 Å². The molecule has 114 valence electrons. The van der Waals surface area contributed by atoms with Gasteiger partial charge in [0.1, 0.15) is 0 Å². The summed E-state index contributed by atoms with van der Waals surface area (Å²) in [5.74, 6) is 0. The Morgan fingerprint density at radius 1 is 1.29 bits per heavy atom. The lowest BCUT2D eigenvalue weighted by Crippen LogP contribution is -2.21. The zero-order valence-corrected chi connectivity index (χ0v) is 14.9. The van der Waals surface area contributed by atoms with Gasteiger partial charge in [-0.2, -0.15) is 5.10 Å². The third-order valence-corrected chi connectivity index (χ3v) is 4.84. The molecule has 1 atom stereocenters. The lowest BCUT2D eigenvalue weighted by Gasteiger charge is -2.17. The van der Waals surface area contributed by atoms with E-state index in [-0.39, 0.29) is 0 Å². The highest BCUT2D eigenvalue weighted by atomic mass is 79.9. The first-order valence-corrected chi connectivity index (χ1v) is 8.40. The van der Waals surface area contributed by atoms with Crippen LogP contribution in [0.4, 0.5) is 0 Å². The van der Waals surface area contributed by atoms with Crippen molar-refractivity contribution in [2.24, 2.45) is 0 Å². The predicted molar refractivity (Wildman–Crippen MR) is 91.4 cm³/mol. The lowest BCUT2D eigenvalue weighted by molar-refractivity contribution is 0.528. The number of nitrogens with one attached hydrogen (secondary N) is 1. The highest BCUT2D eigenvalue weighted by Crippen LogP contribution is 2.24. The Bertz CT molecular complexity index is 604. The Balaban J connectivity index is 2.13. The molecule has 1 heterocycles. The highest BCUT2D eigenvalue weighted by molar-refractivity contribution is 9.10. The van der Waals surface area contributed by atoms with Gasteiger partial charge in [-0.25, -0.2) is 0 Å². The molecule has 0 radical (unpaired) electrons. The largest absolute Gasteiger partial charge is 0.305 e. The molecule has 0 aliphatic heterocycles. The van der Waals surface area contributed by atoms with Crippen molar-refractivity contribution in [3.8, 4) is 0 Å². The summed E-state index contributed by atoms with van der Waals surface area (Å²) in [4.78, 5) is 0. The summed E-state index contributed by atoms with van der Waals surface area (Å²) in [5.41, 5.74) is 5.05. The van der Waals surface area contributed by atoms with Gasteiger partial charge >= 0.3 is 0 Å². The van der Waals surface area contributed by atoms with Gasteiger partial charge in [0.15, 0.2) is 0 Å². The van der Waals surface area contributed by atoms with E-state index >= 15 is 0 Å². The van der Waals surface area contributed by atoms with E-state index < -0.39 is 0 Å². The smallest absolute Gasteiger partial charge is 0.0767 e. The van der Waals surface area contributed by atoms with E-state index in [0.717, 1.165) is 29.7 Å². The van der Waals surface area contributed by atoms with Crippen molar-refractivity contribution >= 4 is 15.9 Å². The van der Waals surface area contributed by atoms with Gasteiger partial charge in [0, 0.05) is 19.1 Å². The fourth-order valence-corrected chi connectivity index (χ4v) is 3.32. The van der Waals surface area contributed by atoms with Gasteiger partial charge in [0.05, 0.1) is 15.9 Å².